The van der Waals surface area contributed by atoms with Crippen LogP contribution in [0.3, 0.4) is 0 Å². The predicted octanol–water partition coefficient (Wildman–Crippen LogP) is -0.0535. The molecule has 3 nitrogen and oxygen atoms in total. The summed E-state index contributed by atoms with van der Waals surface area (Å²) in [7, 11) is 0. The number of quaternary nitrogens is 1. The molecule has 0 heterocycles. The molecule has 0 aromatic heterocycles. The van der Waals surface area contributed by atoms with Crippen LogP contribution in [0.5, 0.6) is 0 Å². The first-order chi connectivity index (χ1) is 4.68. The number of aliphatic carboxylic acids is 1. The molecule has 0 aliphatic carbocycles. The number of carboxylic acids is 1. The number of unbranched alkanes of at least 4 members (excludes halogenated alkanes) is 1. The Hall–Kier alpha value is -0.900. The maximum Gasteiger partial charge on any atom is 0.364 e. The molecule has 0 saturated heterocycles. The van der Waals surface area contributed by atoms with Crippen molar-refractivity contribution in [1.29, 1.82) is 0 Å². The largest absolute Gasteiger partial charge is 0.476 e. The summed E-state index contributed by atoms with van der Waals surface area (Å²) in [5.74, 6) is -2.57. The van der Waals surface area contributed by atoms with E-state index in [9.17, 15) is 9.18 Å². The van der Waals surface area contributed by atoms with Crippen molar-refractivity contribution in [3.05, 3.63) is 11.9 Å². The Morgan fingerprint density at radius 2 is 2.30 bits per heavy atom. The van der Waals surface area contributed by atoms with Gasteiger partial charge in [-0.3, -0.25) is 0 Å². The molecule has 0 unspecified atom stereocenters. The topological polar surface area (TPSA) is 64.9 Å². The molecule has 0 amide bonds. The first kappa shape index (κ1) is 9.10. The molecule has 0 fully saturated rings. The molecule has 0 spiro atoms. The van der Waals surface area contributed by atoms with Gasteiger partial charge in [0.25, 0.3) is 0 Å². The maximum absolute atomic E-state index is 12.1. The molecule has 0 saturated carbocycles. The van der Waals surface area contributed by atoms with Crippen LogP contribution in [0.4, 0.5) is 4.39 Å². The zero-order valence-electron chi connectivity index (χ0n) is 5.64. The highest BCUT2D eigenvalue weighted by Crippen LogP contribution is 1.99. The van der Waals surface area contributed by atoms with Gasteiger partial charge in [0.05, 0.1) is 6.54 Å². The summed E-state index contributed by atoms with van der Waals surface area (Å²) in [5.41, 5.74) is 3.53. The van der Waals surface area contributed by atoms with Crippen molar-refractivity contribution in [2.75, 3.05) is 6.54 Å². The van der Waals surface area contributed by atoms with Crippen LogP contribution >= 0.6 is 0 Å². The number of hydrogen-bond donors (Lipinski definition) is 2. The van der Waals surface area contributed by atoms with E-state index in [1.54, 1.807) is 0 Å². The standard InChI is InChI=1S/C6H10FNO2/c7-5(6(9)10)3-1-2-4-8/h3H,1-2,4,8H2,(H,9,10)/p+1/b5-3+. The zero-order valence-corrected chi connectivity index (χ0v) is 5.64. The third-order valence-electron chi connectivity index (χ3n) is 0.982. The fraction of sp³-hybridized carbons (Fsp3) is 0.500. The Morgan fingerprint density at radius 1 is 1.70 bits per heavy atom. The van der Waals surface area contributed by atoms with Crippen molar-refractivity contribution in [2.45, 2.75) is 12.8 Å². The quantitative estimate of drug-likeness (QED) is 0.433. The number of hydrogen-bond acceptors (Lipinski definition) is 1. The summed E-state index contributed by atoms with van der Waals surface area (Å²) in [4.78, 5) is 9.83. The minimum atomic E-state index is -1.50. The van der Waals surface area contributed by atoms with Gasteiger partial charge in [-0.2, -0.15) is 4.39 Å². The van der Waals surface area contributed by atoms with Crippen LogP contribution in [0, 0.1) is 0 Å². The maximum atomic E-state index is 12.1. The molecule has 0 aliphatic heterocycles. The van der Waals surface area contributed by atoms with Gasteiger partial charge < -0.3 is 10.8 Å². The second-order valence-corrected chi connectivity index (χ2v) is 1.85. The van der Waals surface area contributed by atoms with Crippen molar-refractivity contribution in [3.8, 4) is 0 Å². The van der Waals surface area contributed by atoms with E-state index in [-0.39, 0.29) is 0 Å². The van der Waals surface area contributed by atoms with Gasteiger partial charge in [0.15, 0.2) is 0 Å². The SMILES string of the molecule is [NH3+]CCC/C=C(/F)C(=O)O. The third kappa shape index (κ3) is 4.03. The number of rotatable bonds is 4. The Balaban J connectivity index is 3.58. The van der Waals surface area contributed by atoms with E-state index in [0.29, 0.717) is 13.0 Å². The molecule has 0 atom stereocenters. The lowest BCUT2D eigenvalue weighted by Gasteiger charge is -1.87. The Morgan fingerprint density at radius 3 is 2.70 bits per heavy atom. The molecule has 0 aromatic rings. The number of carbonyl (C=O) groups is 1. The van der Waals surface area contributed by atoms with Crippen molar-refractivity contribution >= 4 is 5.97 Å². The zero-order chi connectivity index (χ0) is 7.98. The van der Waals surface area contributed by atoms with Gasteiger partial charge in [0.1, 0.15) is 0 Å². The fourth-order valence-corrected chi connectivity index (χ4v) is 0.460. The second kappa shape index (κ2) is 4.93. The van der Waals surface area contributed by atoms with Crippen molar-refractivity contribution < 1.29 is 20.0 Å². The summed E-state index contributed by atoms with van der Waals surface area (Å²) in [6.45, 7) is 0.698. The molecule has 4 heteroatoms. The molecule has 0 aromatic carbocycles. The van der Waals surface area contributed by atoms with Crippen LogP contribution in [0.1, 0.15) is 12.8 Å². The van der Waals surface area contributed by atoms with Gasteiger partial charge in [-0.05, 0) is 18.9 Å². The lowest BCUT2D eigenvalue weighted by atomic mass is 10.3. The summed E-state index contributed by atoms with van der Waals surface area (Å²) >= 11 is 0. The van der Waals surface area contributed by atoms with Crippen molar-refractivity contribution in [2.24, 2.45) is 0 Å². The van der Waals surface area contributed by atoms with E-state index in [1.165, 1.54) is 0 Å². The van der Waals surface area contributed by atoms with Gasteiger partial charge in [0.2, 0.25) is 5.83 Å². The minimum absolute atomic E-state index is 0.446. The lowest BCUT2D eigenvalue weighted by Crippen LogP contribution is -2.49. The van der Waals surface area contributed by atoms with Crippen LogP contribution in [0.2, 0.25) is 0 Å². The van der Waals surface area contributed by atoms with E-state index in [0.717, 1.165) is 12.5 Å². The Kier molecular flexibility index (Phi) is 4.49. The molecule has 58 valence electrons. The third-order valence-corrected chi connectivity index (χ3v) is 0.982. The van der Waals surface area contributed by atoms with Crippen molar-refractivity contribution in [1.82, 2.24) is 0 Å². The molecule has 0 aliphatic rings. The predicted molar refractivity (Wildman–Crippen MR) is 33.8 cm³/mol. The van der Waals surface area contributed by atoms with Gasteiger partial charge >= 0.3 is 5.97 Å². The summed E-state index contributed by atoms with van der Waals surface area (Å²) in [6.07, 6.45) is 2.23. The summed E-state index contributed by atoms with van der Waals surface area (Å²) in [5, 5.41) is 8.02. The molecular weight excluding hydrogens is 137 g/mol. The number of carboxylic acid groups (broad SMARTS) is 1. The summed E-state index contributed by atoms with van der Waals surface area (Å²) in [6, 6.07) is 0. The summed E-state index contributed by atoms with van der Waals surface area (Å²) < 4.78 is 12.1. The van der Waals surface area contributed by atoms with Crippen LogP contribution in [-0.4, -0.2) is 17.6 Å². The van der Waals surface area contributed by atoms with E-state index in [1.807, 2.05) is 0 Å². The molecule has 0 rings (SSSR count). The van der Waals surface area contributed by atoms with Crippen molar-refractivity contribution in [3.63, 3.8) is 0 Å². The van der Waals surface area contributed by atoms with Crippen LogP contribution < -0.4 is 5.73 Å². The fourth-order valence-electron chi connectivity index (χ4n) is 0.460. The van der Waals surface area contributed by atoms with Gasteiger partial charge in [0, 0.05) is 0 Å². The average molecular weight is 148 g/mol. The first-order valence-corrected chi connectivity index (χ1v) is 3.06. The Labute approximate surface area is 58.3 Å². The highest BCUT2D eigenvalue weighted by Gasteiger charge is 2.02. The molecule has 0 radical (unpaired) electrons. The highest BCUT2D eigenvalue weighted by atomic mass is 19.1. The van der Waals surface area contributed by atoms with Gasteiger partial charge in [-0.15, -0.1) is 0 Å². The second-order valence-electron chi connectivity index (χ2n) is 1.85. The van der Waals surface area contributed by atoms with E-state index in [4.69, 9.17) is 5.11 Å². The van der Waals surface area contributed by atoms with E-state index >= 15 is 0 Å². The lowest BCUT2D eigenvalue weighted by molar-refractivity contribution is -0.368. The average Bonchev–Trinajstić information content (AvgIpc) is 1.88. The van der Waals surface area contributed by atoms with Crippen LogP contribution in [0.25, 0.3) is 0 Å². The molecule has 4 N–H and O–H groups in total. The molecule has 0 bridgehead atoms. The Bertz CT molecular complexity index is 145. The minimum Gasteiger partial charge on any atom is -0.476 e. The van der Waals surface area contributed by atoms with Gasteiger partial charge in [-0.25, -0.2) is 4.79 Å². The number of allylic oxidation sites excluding steroid dienone is 1. The first-order valence-electron chi connectivity index (χ1n) is 3.06. The number of halogens is 1. The van der Waals surface area contributed by atoms with Crippen LogP contribution in [-0.2, 0) is 4.79 Å². The van der Waals surface area contributed by atoms with E-state index in [2.05, 4.69) is 5.73 Å². The normalized spacial score (nSPS) is 11.6. The van der Waals surface area contributed by atoms with E-state index < -0.39 is 11.8 Å². The molecule has 10 heavy (non-hydrogen) atoms. The molecular formula is C6H11FNO2+. The van der Waals surface area contributed by atoms with Gasteiger partial charge in [-0.1, -0.05) is 0 Å². The monoisotopic (exact) mass is 148 g/mol. The smallest absolute Gasteiger partial charge is 0.364 e. The highest BCUT2D eigenvalue weighted by molar-refractivity contribution is 5.83. The van der Waals surface area contributed by atoms with Crippen LogP contribution in [0.15, 0.2) is 11.9 Å².